The Balaban J connectivity index is 1.23. The number of hydroxylamine groups is 1. The number of carbonyl (C=O) groups excluding carboxylic acids is 2. The van der Waals surface area contributed by atoms with Gasteiger partial charge in [-0.15, -0.1) is 0 Å². The lowest BCUT2D eigenvalue weighted by Gasteiger charge is -2.39. The Labute approximate surface area is 271 Å². The van der Waals surface area contributed by atoms with Crippen LogP contribution in [-0.2, 0) is 32.2 Å². The maximum Gasteiger partial charge on any atom is 0.243 e. The van der Waals surface area contributed by atoms with Crippen molar-refractivity contribution in [3.05, 3.63) is 95.1 Å². The Bertz CT molecular complexity index is 1410. The molecule has 2 saturated heterocycles. The van der Waals surface area contributed by atoms with Crippen LogP contribution in [0.2, 0.25) is 0 Å². The number of ether oxygens (including phenoxy) is 2. The number of aliphatic hydroxyl groups is 1. The van der Waals surface area contributed by atoms with Gasteiger partial charge in [-0.05, 0) is 78.7 Å². The van der Waals surface area contributed by atoms with Gasteiger partial charge in [-0.25, -0.2) is 5.48 Å². The van der Waals surface area contributed by atoms with Crippen LogP contribution in [0.5, 0.6) is 0 Å². The maximum absolute atomic E-state index is 12.4. The zero-order valence-electron chi connectivity index (χ0n) is 26.5. The summed E-state index contributed by atoms with van der Waals surface area (Å²) in [5, 5.41) is 21.1. The molecular formula is C37H47N3O6. The number of piperidine rings is 1. The average molecular weight is 630 g/mol. The molecule has 0 bridgehead atoms. The topological polar surface area (TPSA) is 120 Å². The Morgan fingerprint density at radius 2 is 1.50 bits per heavy atom. The molecule has 0 saturated carbocycles. The zero-order valence-corrected chi connectivity index (χ0v) is 26.5. The Hall–Kier alpha value is -3.60. The summed E-state index contributed by atoms with van der Waals surface area (Å²) in [5.41, 5.74) is 7.67. The number of amides is 2. The van der Waals surface area contributed by atoms with Crippen molar-refractivity contribution in [3.63, 3.8) is 0 Å². The molecule has 0 radical (unpaired) electrons. The summed E-state index contributed by atoms with van der Waals surface area (Å²) in [6.07, 6.45) is 6.68. The van der Waals surface area contributed by atoms with E-state index >= 15 is 0 Å². The van der Waals surface area contributed by atoms with E-state index in [1.165, 1.54) is 19.3 Å². The van der Waals surface area contributed by atoms with E-state index in [0.29, 0.717) is 25.8 Å². The van der Waals surface area contributed by atoms with Gasteiger partial charge in [0.05, 0.1) is 18.8 Å². The first-order valence-corrected chi connectivity index (χ1v) is 16.6. The molecule has 3 aromatic rings. The molecule has 0 spiro atoms. The predicted molar refractivity (Wildman–Crippen MR) is 175 cm³/mol. The van der Waals surface area contributed by atoms with E-state index in [2.05, 4.69) is 52.7 Å². The first kappa shape index (κ1) is 33.8. The van der Waals surface area contributed by atoms with Gasteiger partial charge in [-0.2, -0.15) is 0 Å². The molecule has 46 heavy (non-hydrogen) atoms. The van der Waals surface area contributed by atoms with Gasteiger partial charge in [0.15, 0.2) is 6.29 Å². The highest BCUT2D eigenvalue weighted by Gasteiger charge is 2.33. The molecule has 9 heteroatoms. The van der Waals surface area contributed by atoms with E-state index in [4.69, 9.17) is 14.7 Å². The van der Waals surface area contributed by atoms with Crippen LogP contribution in [-0.4, -0.2) is 52.8 Å². The van der Waals surface area contributed by atoms with E-state index in [1.54, 1.807) is 5.48 Å². The first-order chi connectivity index (χ1) is 22.5. The lowest BCUT2D eigenvalue weighted by atomic mass is 9.98. The number of nitrogens with zero attached hydrogens (tertiary/aromatic N) is 1. The van der Waals surface area contributed by atoms with Crippen LogP contribution in [0.3, 0.4) is 0 Å². The Kier molecular flexibility index (Phi) is 12.7. The van der Waals surface area contributed by atoms with Crippen molar-refractivity contribution < 1.29 is 29.4 Å². The van der Waals surface area contributed by atoms with Crippen molar-refractivity contribution in [2.75, 3.05) is 19.6 Å². The van der Waals surface area contributed by atoms with E-state index in [9.17, 15) is 14.7 Å². The summed E-state index contributed by atoms with van der Waals surface area (Å²) in [7, 11) is 0. The molecule has 3 atom stereocenters. The van der Waals surface area contributed by atoms with Crippen LogP contribution in [0, 0.1) is 0 Å². The highest BCUT2D eigenvalue weighted by atomic mass is 16.7. The number of rotatable bonds is 14. The third-order valence-corrected chi connectivity index (χ3v) is 8.87. The molecule has 0 aliphatic carbocycles. The molecule has 0 unspecified atom stereocenters. The molecule has 2 amide bonds. The van der Waals surface area contributed by atoms with Crippen molar-refractivity contribution in [3.8, 4) is 11.1 Å². The third-order valence-electron chi connectivity index (χ3n) is 8.87. The van der Waals surface area contributed by atoms with Gasteiger partial charge in [-0.1, -0.05) is 73.5 Å². The quantitative estimate of drug-likeness (QED) is 0.0989. The Morgan fingerprint density at radius 1 is 0.783 bits per heavy atom. The van der Waals surface area contributed by atoms with E-state index in [1.807, 2.05) is 30.3 Å². The fourth-order valence-corrected chi connectivity index (χ4v) is 6.28. The fourth-order valence-electron chi connectivity index (χ4n) is 6.28. The lowest BCUT2D eigenvalue weighted by molar-refractivity contribution is -0.253. The molecule has 2 fully saturated rings. The minimum absolute atomic E-state index is 0.0184. The summed E-state index contributed by atoms with van der Waals surface area (Å²) in [6, 6.07) is 24.5. The summed E-state index contributed by atoms with van der Waals surface area (Å²) < 4.78 is 13.2. The summed E-state index contributed by atoms with van der Waals surface area (Å²) in [5.74, 6) is -0.426. The minimum atomic E-state index is -0.508. The van der Waals surface area contributed by atoms with Crippen molar-refractivity contribution in [2.45, 2.75) is 89.4 Å². The summed E-state index contributed by atoms with van der Waals surface area (Å²) in [6.45, 7) is 3.56. The molecule has 5 rings (SSSR count). The normalized spacial score (nSPS) is 20.3. The van der Waals surface area contributed by atoms with Gasteiger partial charge in [0, 0.05) is 37.9 Å². The van der Waals surface area contributed by atoms with Gasteiger partial charge >= 0.3 is 0 Å². The first-order valence-electron chi connectivity index (χ1n) is 16.6. The monoisotopic (exact) mass is 629 g/mol. The molecule has 0 aromatic heterocycles. The van der Waals surface area contributed by atoms with E-state index in [0.717, 1.165) is 65.9 Å². The lowest BCUT2D eigenvalue weighted by Crippen LogP contribution is -2.41. The zero-order chi connectivity index (χ0) is 32.1. The van der Waals surface area contributed by atoms with Crippen LogP contribution < -0.4 is 10.8 Å². The van der Waals surface area contributed by atoms with E-state index in [-0.39, 0.29) is 31.1 Å². The maximum atomic E-state index is 12.4. The number of benzene rings is 3. The van der Waals surface area contributed by atoms with Gasteiger partial charge in [0.2, 0.25) is 11.8 Å². The minimum Gasteiger partial charge on any atom is -0.392 e. The number of carbonyl (C=O) groups is 2. The van der Waals surface area contributed by atoms with Gasteiger partial charge < -0.3 is 24.8 Å². The molecule has 9 nitrogen and oxygen atoms in total. The van der Waals surface area contributed by atoms with Crippen molar-refractivity contribution in [2.24, 2.45) is 0 Å². The molecule has 2 aliphatic heterocycles. The van der Waals surface area contributed by atoms with Crippen molar-refractivity contribution in [1.82, 2.24) is 15.7 Å². The van der Waals surface area contributed by atoms with Gasteiger partial charge in [0.25, 0.3) is 0 Å². The fraction of sp³-hybridized carbons (Fsp3) is 0.459. The number of unbranched alkanes of at least 4 members (excludes halogenated alkanes) is 2. The second-order valence-electron chi connectivity index (χ2n) is 12.4. The molecule has 246 valence electrons. The summed E-state index contributed by atoms with van der Waals surface area (Å²) >= 11 is 0. The van der Waals surface area contributed by atoms with Crippen molar-refractivity contribution >= 4 is 11.8 Å². The van der Waals surface area contributed by atoms with Crippen LogP contribution in [0.15, 0.2) is 72.8 Å². The number of likely N-dealkylation sites (tertiary alicyclic amines) is 1. The second kappa shape index (κ2) is 17.4. The average Bonchev–Trinajstić information content (AvgIpc) is 3.11. The third kappa shape index (κ3) is 9.95. The smallest absolute Gasteiger partial charge is 0.243 e. The van der Waals surface area contributed by atoms with Gasteiger partial charge in [0.1, 0.15) is 0 Å². The predicted octanol–water partition coefficient (Wildman–Crippen LogP) is 5.95. The largest absolute Gasteiger partial charge is 0.392 e. The second-order valence-corrected chi connectivity index (χ2v) is 12.4. The number of aliphatic hydroxyl groups excluding tert-OH is 1. The van der Waals surface area contributed by atoms with Gasteiger partial charge in [-0.3, -0.25) is 14.8 Å². The molecule has 4 N–H and O–H groups in total. The number of hydrogen-bond acceptors (Lipinski definition) is 7. The number of nitrogens with one attached hydrogen (secondary N) is 2. The molecular weight excluding hydrogens is 582 g/mol. The van der Waals surface area contributed by atoms with Crippen LogP contribution in [0.25, 0.3) is 11.1 Å². The van der Waals surface area contributed by atoms with Crippen LogP contribution in [0.1, 0.15) is 92.4 Å². The standard InChI is InChI=1S/C37H47N3O6/c41-26-27-15-17-29(18-16-27)34-23-33(25-40-19-5-2-6-20-40)45-37(46-34)32-12-8-11-31(22-32)30-10-7-9-28(21-30)24-38-35(42)13-3-1-4-14-36(43)39-44/h7-12,15-18,21-22,33-34,37,41,44H,1-6,13-14,19-20,23-26H2,(H,38,42)(H,39,43)/t33-,34+,37+/m0/s1. The SMILES string of the molecule is O=C(CCCCCC(=O)NCc1cccc(-c2cccc([C@@H]3O[C@H](CN4CCCCC4)C[C@H](c4ccc(CO)cc4)O3)c2)c1)NO. The summed E-state index contributed by atoms with van der Waals surface area (Å²) in [4.78, 5) is 26.0. The van der Waals surface area contributed by atoms with Crippen molar-refractivity contribution in [1.29, 1.82) is 0 Å². The highest BCUT2D eigenvalue weighted by Crippen LogP contribution is 2.39. The molecule has 3 aromatic carbocycles. The number of hydrogen-bond donors (Lipinski definition) is 4. The van der Waals surface area contributed by atoms with Crippen LogP contribution >= 0.6 is 0 Å². The van der Waals surface area contributed by atoms with E-state index < -0.39 is 12.2 Å². The molecule has 2 heterocycles. The highest BCUT2D eigenvalue weighted by molar-refractivity contribution is 5.76. The Morgan fingerprint density at radius 3 is 2.24 bits per heavy atom. The molecule has 2 aliphatic rings. The van der Waals surface area contributed by atoms with Crippen LogP contribution in [0.4, 0.5) is 0 Å².